The fraction of sp³-hybridized carbons (Fsp3) is 0.300. The van der Waals surface area contributed by atoms with E-state index in [2.05, 4.69) is 0 Å². The first-order valence-electron chi connectivity index (χ1n) is 4.91. The quantitative estimate of drug-likeness (QED) is 0.538. The van der Waals surface area contributed by atoms with Crippen LogP contribution in [-0.2, 0) is 11.2 Å². The Morgan fingerprint density at radius 3 is 2.59 bits per heavy atom. The van der Waals surface area contributed by atoms with E-state index in [0.29, 0.717) is 10.6 Å². The Labute approximate surface area is 104 Å². The monoisotopic (exact) mass is 257 g/mol. The summed E-state index contributed by atoms with van der Waals surface area (Å²) in [4.78, 5) is 10.9. The van der Waals surface area contributed by atoms with Crippen LogP contribution in [0.5, 0.6) is 0 Å². The van der Waals surface area contributed by atoms with Gasteiger partial charge in [0.2, 0.25) is 0 Å². The maximum atomic E-state index is 10.9. The molecule has 17 heavy (non-hydrogen) atoms. The van der Waals surface area contributed by atoms with Gasteiger partial charge in [-0.05, 0) is 24.0 Å². The van der Waals surface area contributed by atoms with Crippen LogP contribution in [0.3, 0.4) is 0 Å². The fourth-order valence-corrected chi connectivity index (χ4v) is 1.55. The van der Waals surface area contributed by atoms with Gasteiger partial charge >= 0.3 is 13.1 Å². The van der Waals surface area contributed by atoms with E-state index in [9.17, 15) is 4.79 Å². The van der Waals surface area contributed by atoms with Crippen LogP contribution in [-0.4, -0.2) is 33.8 Å². The van der Waals surface area contributed by atoms with Crippen LogP contribution in [0.25, 0.3) is 0 Å². The molecule has 0 aliphatic heterocycles. The Kier molecular flexibility index (Phi) is 4.16. The molecule has 0 fully saturated rings. The van der Waals surface area contributed by atoms with Crippen molar-refractivity contribution in [2.75, 3.05) is 0 Å². The van der Waals surface area contributed by atoms with Crippen molar-refractivity contribution in [2.24, 2.45) is 5.73 Å². The van der Waals surface area contributed by atoms with Crippen LogP contribution in [0, 0.1) is 0 Å². The number of hydrogen-bond donors (Lipinski definition) is 4. The maximum absolute atomic E-state index is 10.9. The largest absolute Gasteiger partial charge is 0.488 e. The SMILES string of the molecule is C[C@@](N)(Cc1cc(B(O)O)ccc1Cl)C(=O)O. The van der Waals surface area contributed by atoms with Crippen molar-refractivity contribution in [3.8, 4) is 0 Å². The predicted molar refractivity (Wildman–Crippen MR) is 65.2 cm³/mol. The Bertz CT molecular complexity index is 436. The summed E-state index contributed by atoms with van der Waals surface area (Å²) in [6.07, 6.45) is 0.00171. The topological polar surface area (TPSA) is 104 Å². The lowest BCUT2D eigenvalue weighted by Crippen LogP contribution is -2.47. The molecule has 0 spiro atoms. The molecule has 0 saturated carbocycles. The average Bonchev–Trinajstić information content (AvgIpc) is 2.20. The minimum atomic E-state index is -1.63. The Morgan fingerprint density at radius 1 is 1.53 bits per heavy atom. The number of carbonyl (C=O) groups is 1. The van der Waals surface area contributed by atoms with Gasteiger partial charge in [0, 0.05) is 11.4 Å². The van der Waals surface area contributed by atoms with E-state index in [1.807, 2.05) is 0 Å². The van der Waals surface area contributed by atoms with Gasteiger partial charge in [-0.25, -0.2) is 0 Å². The molecule has 1 aromatic carbocycles. The number of benzene rings is 1. The minimum absolute atomic E-state index is 0.00171. The zero-order chi connectivity index (χ0) is 13.2. The third kappa shape index (κ3) is 3.44. The van der Waals surface area contributed by atoms with Gasteiger partial charge in [-0.3, -0.25) is 4.79 Å². The van der Waals surface area contributed by atoms with Gasteiger partial charge in [0.05, 0.1) is 0 Å². The first-order valence-corrected chi connectivity index (χ1v) is 5.28. The lowest BCUT2D eigenvalue weighted by atomic mass is 9.78. The van der Waals surface area contributed by atoms with Crippen molar-refractivity contribution in [1.29, 1.82) is 0 Å². The van der Waals surface area contributed by atoms with Crippen LogP contribution in [0.15, 0.2) is 18.2 Å². The highest BCUT2D eigenvalue weighted by atomic mass is 35.5. The van der Waals surface area contributed by atoms with Crippen LogP contribution in [0.1, 0.15) is 12.5 Å². The Morgan fingerprint density at radius 2 is 2.12 bits per heavy atom. The average molecular weight is 257 g/mol. The molecule has 92 valence electrons. The molecule has 1 rings (SSSR count). The van der Waals surface area contributed by atoms with Crippen molar-refractivity contribution < 1.29 is 19.9 Å². The minimum Gasteiger partial charge on any atom is -0.480 e. The van der Waals surface area contributed by atoms with Crippen molar-refractivity contribution in [1.82, 2.24) is 0 Å². The lowest BCUT2D eigenvalue weighted by molar-refractivity contribution is -0.142. The predicted octanol–water partition coefficient (Wildman–Crippen LogP) is -0.636. The van der Waals surface area contributed by atoms with Gasteiger partial charge in [0.15, 0.2) is 0 Å². The molecule has 1 atom stereocenters. The molecule has 0 amide bonds. The van der Waals surface area contributed by atoms with Crippen LogP contribution >= 0.6 is 11.6 Å². The van der Waals surface area contributed by atoms with Crippen molar-refractivity contribution in [2.45, 2.75) is 18.9 Å². The molecule has 0 aromatic heterocycles. The highest BCUT2D eigenvalue weighted by molar-refractivity contribution is 6.58. The summed E-state index contributed by atoms with van der Waals surface area (Å²) in [6, 6.07) is 4.36. The zero-order valence-corrected chi connectivity index (χ0v) is 9.98. The van der Waals surface area contributed by atoms with Gasteiger partial charge in [0.1, 0.15) is 5.54 Å². The van der Waals surface area contributed by atoms with Gasteiger partial charge in [-0.2, -0.15) is 0 Å². The van der Waals surface area contributed by atoms with Crippen LogP contribution in [0.4, 0.5) is 0 Å². The molecular weight excluding hydrogens is 244 g/mol. The van der Waals surface area contributed by atoms with E-state index in [-0.39, 0.29) is 11.9 Å². The lowest BCUT2D eigenvalue weighted by Gasteiger charge is -2.20. The standard InChI is InChI=1S/C10H13BClNO4/c1-10(13,9(14)15)5-6-4-7(11(16)17)2-3-8(6)12/h2-4,16-17H,5,13H2,1H3,(H,14,15)/t10-/m1/s1. The van der Waals surface area contributed by atoms with Gasteiger partial charge < -0.3 is 20.9 Å². The second-order valence-electron chi connectivity index (χ2n) is 4.12. The normalized spacial score (nSPS) is 14.2. The molecule has 5 nitrogen and oxygen atoms in total. The molecule has 0 saturated heterocycles. The van der Waals surface area contributed by atoms with Crippen molar-refractivity contribution in [3.05, 3.63) is 28.8 Å². The summed E-state index contributed by atoms with van der Waals surface area (Å²) < 4.78 is 0. The van der Waals surface area contributed by atoms with Crippen molar-refractivity contribution >= 4 is 30.2 Å². The van der Waals surface area contributed by atoms with Gasteiger partial charge in [-0.1, -0.05) is 23.7 Å². The molecule has 0 aliphatic carbocycles. The number of carboxylic acids is 1. The maximum Gasteiger partial charge on any atom is 0.488 e. The van der Waals surface area contributed by atoms with E-state index >= 15 is 0 Å². The van der Waals surface area contributed by atoms with E-state index in [4.69, 9.17) is 32.5 Å². The molecule has 7 heteroatoms. The van der Waals surface area contributed by atoms with Gasteiger partial charge in [0.25, 0.3) is 0 Å². The van der Waals surface area contributed by atoms with E-state index < -0.39 is 18.6 Å². The fourth-order valence-electron chi connectivity index (χ4n) is 1.36. The molecule has 0 heterocycles. The highest BCUT2D eigenvalue weighted by Crippen LogP contribution is 2.19. The summed E-state index contributed by atoms with van der Waals surface area (Å²) in [5, 5.41) is 27.3. The third-order valence-electron chi connectivity index (χ3n) is 2.41. The number of aliphatic carboxylic acids is 1. The second kappa shape index (κ2) is 5.06. The van der Waals surface area contributed by atoms with Crippen molar-refractivity contribution in [3.63, 3.8) is 0 Å². The Balaban J connectivity index is 3.05. The smallest absolute Gasteiger partial charge is 0.480 e. The van der Waals surface area contributed by atoms with E-state index in [1.54, 1.807) is 0 Å². The molecule has 0 bridgehead atoms. The summed E-state index contributed by atoms with van der Waals surface area (Å²) in [6.45, 7) is 1.37. The molecular formula is C10H13BClNO4. The van der Waals surface area contributed by atoms with Gasteiger partial charge in [-0.15, -0.1) is 0 Å². The highest BCUT2D eigenvalue weighted by Gasteiger charge is 2.29. The number of rotatable bonds is 4. The first-order chi connectivity index (χ1) is 7.74. The Hall–Kier alpha value is -1.08. The van der Waals surface area contributed by atoms with E-state index in [0.717, 1.165) is 0 Å². The molecule has 0 radical (unpaired) electrons. The molecule has 1 aromatic rings. The zero-order valence-electron chi connectivity index (χ0n) is 9.22. The number of halogens is 1. The summed E-state index contributed by atoms with van der Waals surface area (Å²) in [7, 11) is -1.63. The molecule has 0 unspecified atom stereocenters. The molecule has 5 N–H and O–H groups in total. The van der Waals surface area contributed by atoms with E-state index in [1.165, 1.54) is 25.1 Å². The second-order valence-corrected chi connectivity index (χ2v) is 4.53. The summed E-state index contributed by atoms with van der Waals surface area (Å²) >= 11 is 5.90. The first kappa shape index (κ1) is 14.0. The number of nitrogens with two attached hydrogens (primary N) is 1. The summed E-state index contributed by atoms with van der Waals surface area (Å²) in [5.41, 5.74) is 4.85. The third-order valence-corrected chi connectivity index (χ3v) is 2.78. The number of hydrogen-bond acceptors (Lipinski definition) is 4. The van der Waals surface area contributed by atoms with Crippen LogP contribution < -0.4 is 11.2 Å². The number of carboxylic acid groups (broad SMARTS) is 1. The summed E-state index contributed by atoms with van der Waals surface area (Å²) in [5.74, 6) is -1.15. The molecule has 0 aliphatic rings. The van der Waals surface area contributed by atoms with Crippen LogP contribution in [0.2, 0.25) is 5.02 Å².